The molecule has 0 aliphatic heterocycles. The van der Waals surface area contributed by atoms with E-state index in [1.54, 1.807) is 13.2 Å². The predicted molar refractivity (Wildman–Crippen MR) is 58.3 cm³/mol. The van der Waals surface area contributed by atoms with Crippen molar-refractivity contribution in [2.24, 2.45) is 0 Å². The third-order valence-corrected chi connectivity index (χ3v) is 2.57. The summed E-state index contributed by atoms with van der Waals surface area (Å²) in [6, 6.07) is 5.50. The minimum absolute atomic E-state index is 0.534. The summed E-state index contributed by atoms with van der Waals surface area (Å²) in [5.74, 6) is 0.534. The molecule has 1 heterocycles. The van der Waals surface area contributed by atoms with Crippen LogP contribution in [-0.2, 0) is 0 Å². The molecule has 2 rings (SSSR count). The van der Waals surface area contributed by atoms with Crippen LogP contribution < -0.4 is 4.74 Å². The highest BCUT2D eigenvalue weighted by Gasteiger charge is 2.08. The summed E-state index contributed by atoms with van der Waals surface area (Å²) in [5.41, 5.74) is 0. The number of hydrogen-bond donors (Lipinski definition) is 0. The summed E-state index contributed by atoms with van der Waals surface area (Å²) >= 11 is 12.0. The number of fused-ring (bicyclic) bond motifs is 1. The van der Waals surface area contributed by atoms with Crippen LogP contribution >= 0.6 is 23.2 Å². The molecule has 0 aliphatic rings. The zero-order valence-corrected chi connectivity index (χ0v) is 8.93. The number of aromatic nitrogens is 1. The zero-order chi connectivity index (χ0) is 10.1. The van der Waals surface area contributed by atoms with E-state index in [0.29, 0.717) is 15.9 Å². The molecule has 0 unspecified atom stereocenters. The van der Waals surface area contributed by atoms with E-state index in [1.165, 1.54) is 6.20 Å². The van der Waals surface area contributed by atoms with Gasteiger partial charge in [-0.3, -0.25) is 0 Å². The second-order valence-electron chi connectivity index (χ2n) is 2.78. The largest absolute Gasteiger partial charge is 0.481 e. The van der Waals surface area contributed by atoms with Gasteiger partial charge in [0.05, 0.1) is 23.4 Å². The van der Waals surface area contributed by atoms with E-state index < -0.39 is 0 Å². The maximum atomic E-state index is 6.02. The van der Waals surface area contributed by atoms with Crippen LogP contribution in [0.4, 0.5) is 0 Å². The number of benzene rings is 1. The molecule has 0 N–H and O–H groups in total. The predicted octanol–water partition coefficient (Wildman–Crippen LogP) is 3.55. The van der Waals surface area contributed by atoms with Crippen LogP contribution in [0.5, 0.6) is 5.88 Å². The highest BCUT2D eigenvalue weighted by Crippen LogP contribution is 2.33. The fourth-order valence-electron chi connectivity index (χ4n) is 1.36. The van der Waals surface area contributed by atoms with E-state index in [4.69, 9.17) is 27.9 Å². The number of ether oxygens (including phenoxy) is 1. The molecule has 0 radical (unpaired) electrons. The number of halogens is 2. The van der Waals surface area contributed by atoms with Gasteiger partial charge in [-0.25, -0.2) is 4.98 Å². The lowest BCUT2D eigenvalue weighted by molar-refractivity contribution is 0.403. The zero-order valence-electron chi connectivity index (χ0n) is 7.42. The van der Waals surface area contributed by atoms with Gasteiger partial charge in [0, 0.05) is 10.8 Å². The van der Waals surface area contributed by atoms with Crippen molar-refractivity contribution in [2.45, 2.75) is 0 Å². The van der Waals surface area contributed by atoms with Gasteiger partial charge in [0.2, 0.25) is 5.88 Å². The Labute approximate surface area is 91.4 Å². The fraction of sp³-hybridized carbons (Fsp3) is 0.100. The monoisotopic (exact) mass is 227 g/mol. The van der Waals surface area contributed by atoms with Crippen molar-refractivity contribution in [2.75, 3.05) is 7.11 Å². The molecule has 2 nitrogen and oxygen atoms in total. The summed E-state index contributed by atoms with van der Waals surface area (Å²) in [6.45, 7) is 0. The van der Waals surface area contributed by atoms with E-state index in [9.17, 15) is 0 Å². The van der Waals surface area contributed by atoms with Crippen LogP contribution in [0.15, 0.2) is 24.4 Å². The van der Waals surface area contributed by atoms with Crippen molar-refractivity contribution in [3.8, 4) is 5.88 Å². The normalized spacial score (nSPS) is 10.5. The van der Waals surface area contributed by atoms with Crippen molar-refractivity contribution < 1.29 is 4.74 Å². The molecule has 0 spiro atoms. The van der Waals surface area contributed by atoms with Gasteiger partial charge in [-0.05, 0) is 12.1 Å². The molecule has 0 saturated heterocycles. The Morgan fingerprint density at radius 1 is 1.21 bits per heavy atom. The smallest absolute Gasteiger partial charge is 0.221 e. The van der Waals surface area contributed by atoms with Gasteiger partial charge in [0.1, 0.15) is 0 Å². The van der Waals surface area contributed by atoms with Gasteiger partial charge in [-0.15, -0.1) is 0 Å². The average Bonchev–Trinajstić information content (AvgIpc) is 2.18. The summed E-state index contributed by atoms with van der Waals surface area (Å²) < 4.78 is 5.11. The maximum Gasteiger partial charge on any atom is 0.221 e. The summed E-state index contributed by atoms with van der Waals surface area (Å²) in [4.78, 5) is 4.05. The van der Waals surface area contributed by atoms with Gasteiger partial charge in [0.15, 0.2) is 0 Å². The second kappa shape index (κ2) is 3.64. The first-order valence-electron chi connectivity index (χ1n) is 4.00. The lowest BCUT2D eigenvalue weighted by Crippen LogP contribution is -1.89. The van der Waals surface area contributed by atoms with Crippen LogP contribution in [-0.4, -0.2) is 12.1 Å². The molecule has 2 aromatic rings. The quantitative estimate of drug-likeness (QED) is 0.744. The van der Waals surface area contributed by atoms with Crippen LogP contribution in [0.1, 0.15) is 0 Å². The van der Waals surface area contributed by atoms with Crippen molar-refractivity contribution in [1.29, 1.82) is 0 Å². The molecule has 72 valence electrons. The number of rotatable bonds is 1. The molecule has 1 aromatic carbocycles. The average molecular weight is 228 g/mol. The van der Waals surface area contributed by atoms with E-state index in [-0.39, 0.29) is 0 Å². The Bertz CT molecular complexity index is 477. The number of hydrogen-bond acceptors (Lipinski definition) is 2. The van der Waals surface area contributed by atoms with Crippen LogP contribution in [0, 0.1) is 0 Å². The molecular formula is C10H7Cl2NO. The van der Waals surface area contributed by atoms with Gasteiger partial charge in [-0.2, -0.15) is 0 Å². The third kappa shape index (κ3) is 1.41. The Morgan fingerprint density at radius 3 is 2.71 bits per heavy atom. The first-order chi connectivity index (χ1) is 6.74. The summed E-state index contributed by atoms with van der Waals surface area (Å²) in [7, 11) is 1.57. The first kappa shape index (κ1) is 9.56. The Hall–Kier alpha value is -0.990. The summed E-state index contributed by atoms with van der Waals surface area (Å²) in [5, 5.41) is 2.75. The topological polar surface area (TPSA) is 22.1 Å². The lowest BCUT2D eigenvalue weighted by atomic mass is 10.2. The third-order valence-electron chi connectivity index (χ3n) is 1.97. The molecule has 0 aliphatic carbocycles. The van der Waals surface area contributed by atoms with E-state index in [1.807, 2.05) is 12.1 Å². The molecule has 0 atom stereocenters. The molecule has 4 heteroatoms. The van der Waals surface area contributed by atoms with Gasteiger partial charge < -0.3 is 4.74 Å². The van der Waals surface area contributed by atoms with E-state index in [0.717, 1.165) is 10.8 Å². The molecule has 0 saturated carbocycles. The minimum atomic E-state index is 0.534. The Morgan fingerprint density at radius 2 is 2.00 bits per heavy atom. The molecule has 0 fully saturated rings. The highest BCUT2D eigenvalue weighted by molar-refractivity contribution is 6.42. The molecule has 1 aromatic heterocycles. The van der Waals surface area contributed by atoms with Crippen LogP contribution in [0.3, 0.4) is 0 Å². The van der Waals surface area contributed by atoms with Crippen LogP contribution in [0.2, 0.25) is 10.0 Å². The molecule has 0 bridgehead atoms. The Balaban J connectivity index is 2.91. The van der Waals surface area contributed by atoms with E-state index >= 15 is 0 Å². The van der Waals surface area contributed by atoms with E-state index in [2.05, 4.69) is 4.98 Å². The van der Waals surface area contributed by atoms with Crippen molar-refractivity contribution >= 4 is 34.0 Å². The number of methoxy groups -OCH3 is 1. The van der Waals surface area contributed by atoms with Crippen molar-refractivity contribution in [1.82, 2.24) is 4.98 Å². The van der Waals surface area contributed by atoms with Gasteiger partial charge in [0.25, 0.3) is 0 Å². The van der Waals surface area contributed by atoms with Crippen molar-refractivity contribution in [3.05, 3.63) is 34.4 Å². The Kier molecular flexibility index (Phi) is 2.48. The minimum Gasteiger partial charge on any atom is -0.481 e. The summed E-state index contributed by atoms with van der Waals surface area (Å²) in [6.07, 6.45) is 1.54. The highest BCUT2D eigenvalue weighted by atomic mass is 35.5. The second-order valence-corrected chi connectivity index (χ2v) is 3.59. The maximum absolute atomic E-state index is 6.02. The first-order valence-corrected chi connectivity index (χ1v) is 4.76. The number of pyridine rings is 1. The number of nitrogens with zero attached hydrogens (tertiary/aromatic N) is 1. The van der Waals surface area contributed by atoms with Crippen LogP contribution in [0.25, 0.3) is 10.8 Å². The van der Waals surface area contributed by atoms with Gasteiger partial charge >= 0.3 is 0 Å². The molecular weight excluding hydrogens is 221 g/mol. The van der Waals surface area contributed by atoms with Crippen molar-refractivity contribution in [3.63, 3.8) is 0 Å². The lowest BCUT2D eigenvalue weighted by Gasteiger charge is -2.06. The molecule has 0 amide bonds. The van der Waals surface area contributed by atoms with Gasteiger partial charge in [-0.1, -0.05) is 29.3 Å². The SMILES string of the molecule is COc1ncc(Cl)c2c(Cl)cccc12. The fourth-order valence-corrected chi connectivity index (χ4v) is 1.93. The standard InChI is InChI=1S/C10H7Cl2NO/c1-14-10-6-3-2-4-7(11)9(6)8(12)5-13-10/h2-5H,1H3. The molecule has 14 heavy (non-hydrogen) atoms.